The zero-order valence-corrected chi connectivity index (χ0v) is 13.3. The number of halogens is 2. The molecule has 1 aromatic carbocycles. The molecule has 6 heteroatoms. The third-order valence-electron chi connectivity index (χ3n) is 3.13. The monoisotopic (exact) mass is 312 g/mol. The largest absolute Gasteiger partial charge is 0.303 e. The van der Waals surface area contributed by atoms with Crippen molar-refractivity contribution in [1.82, 2.24) is 20.1 Å². The molecule has 1 unspecified atom stereocenters. The average molecular weight is 313 g/mol. The van der Waals surface area contributed by atoms with Crippen LogP contribution in [0.1, 0.15) is 44.2 Å². The summed E-state index contributed by atoms with van der Waals surface area (Å²) in [6, 6.07) is 5.95. The highest BCUT2D eigenvalue weighted by molar-refractivity contribution is 6.35. The molecule has 0 bridgehead atoms. The number of nitrogens with one attached hydrogen (secondary N) is 1. The summed E-state index contributed by atoms with van der Waals surface area (Å²) < 4.78 is 1.91. The Labute approximate surface area is 129 Å². The maximum atomic E-state index is 6.21. The van der Waals surface area contributed by atoms with Crippen molar-refractivity contribution in [3.8, 4) is 0 Å². The summed E-state index contributed by atoms with van der Waals surface area (Å²) in [7, 11) is 0. The van der Waals surface area contributed by atoms with Crippen LogP contribution in [0.4, 0.5) is 0 Å². The van der Waals surface area contributed by atoms with Gasteiger partial charge in [0, 0.05) is 22.1 Å². The van der Waals surface area contributed by atoms with Crippen LogP contribution in [0.25, 0.3) is 0 Å². The van der Waals surface area contributed by atoms with Crippen molar-refractivity contribution in [2.75, 3.05) is 0 Å². The first kappa shape index (κ1) is 15.3. The number of hydrogen-bond donors (Lipinski definition) is 1. The maximum Gasteiger partial charge on any atom is 0.141 e. The lowest BCUT2D eigenvalue weighted by Crippen LogP contribution is -2.22. The Kier molecular flexibility index (Phi) is 5.02. The van der Waals surface area contributed by atoms with Gasteiger partial charge in [-0.05, 0) is 38.5 Å². The van der Waals surface area contributed by atoms with Gasteiger partial charge in [-0.3, -0.25) is 0 Å². The van der Waals surface area contributed by atoms with E-state index in [1.54, 1.807) is 12.4 Å². The lowest BCUT2D eigenvalue weighted by molar-refractivity contribution is 0.473. The molecular formula is C14H18Cl2N4. The standard InChI is InChI=1S/C14H18Cl2N4/c1-9(2)20-14(18-8-19-20)7-17-10(3)12-5-4-11(15)6-13(12)16/h4-6,8-10,17H,7H2,1-3H3. The first-order valence-corrected chi connectivity index (χ1v) is 7.31. The first-order chi connectivity index (χ1) is 9.49. The Morgan fingerprint density at radius 3 is 2.65 bits per heavy atom. The minimum atomic E-state index is 0.108. The number of rotatable bonds is 5. The Morgan fingerprint density at radius 2 is 2.00 bits per heavy atom. The SMILES string of the molecule is CC(NCc1ncnn1C(C)C)c1ccc(Cl)cc1Cl. The minimum absolute atomic E-state index is 0.108. The molecule has 0 fully saturated rings. The normalized spacial score (nSPS) is 12.9. The molecule has 0 radical (unpaired) electrons. The first-order valence-electron chi connectivity index (χ1n) is 6.55. The molecule has 108 valence electrons. The van der Waals surface area contributed by atoms with E-state index < -0.39 is 0 Å². The molecule has 2 rings (SSSR count). The predicted molar refractivity (Wildman–Crippen MR) is 82.1 cm³/mol. The van der Waals surface area contributed by atoms with Crippen LogP contribution in [0.2, 0.25) is 10.0 Å². The fourth-order valence-electron chi connectivity index (χ4n) is 2.04. The molecule has 0 aliphatic heterocycles. The van der Waals surface area contributed by atoms with Crippen molar-refractivity contribution < 1.29 is 0 Å². The highest BCUT2D eigenvalue weighted by Crippen LogP contribution is 2.26. The second-order valence-corrected chi connectivity index (χ2v) is 5.83. The lowest BCUT2D eigenvalue weighted by Gasteiger charge is -2.16. The van der Waals surface area contributed by atoms with Crippen LogP contribution >= 0.6 is 23.2 Å². The van der Waals surface area contributed by atoms with E-state index in [1.165, 1.54) is 0 Å². The van der Waals surface area contributed by atoms with Crippen molar-refractivity contribution in [2.24, 2.45) is 0 Å². The molecule has 0 saturated heterocycles. The van der Waals surface area contributed by atoms with Gasteiger partial charge in [0.25, 0.3) is 0 Å². The highest BCUT2D eigenvalue weighted by Gasteiger charge is 2.12. The third kappa shape index (κ3) is 3.51. The highest BCUT2D eigenvalue weighted by atomic mass is 35.5. The average Bonchev–Trinajstić information content (AvgIpc) is 2.84. The zero-order valence-electron chi connectivity index (χ0n) is 11.8. The number of benzene rings is 1. The molecule has 0 aliphatic rings. The third-order valence-corrected chi connectivity index (χ3v) is 3.69. The second kappa shape index (κ2) is 6.57. The number of hydrogen-bond acceptors (Lipinski definition) is 3. The second-order valence-electron chi connectivity index (χ2n) is 4.98. The van der Waals surface area contributed by atoms with E-state index in [0.29, 0.717) is 22.6 Å². The Morgan fingerprint density at radius 1 is 1.25 bits per heavy atom. The summed E-state index contributed by atoms with van der Waals surface area (Å²) in [5, 5.41) is 8.94. The summed E-state index contributed by atoms with van der Waals surface area (Å²) >= 11 is 12.1. The van der Waals surface area contributed by atoms with E-state index in [4.69, 9.17) is 23.2 Å². The van der Waals surface area contributed by atoms with Crippen molar-refractivity contribution >= 4 is 23.2 Å². The quantitative estimate of drug-likeness (QED) is 0.906. The minimum Gasteiger partial charge on any atom is -0.303 e. The van der Waals surface area contributed by atoms with Gasteiger partial charge in [0.1, 0.15) is 12.2 Å². The van der Waals surface area contributed by atoms with Crippen LogP contribution in [0, 0.1) is 0 Å². The molecule has 1 atom stereocenters. The van der Waals surface area contributed by atoms with Crippen LogP contribution in [0.5, 0.6) is 0 Å². The Hall–Kier alpha value is -1.10. The van der Waals surface area contributed by atoms with Crippen molar-refractivity contribution in [3.05, 3.63) is 46.0 Å². The Bertz CT molecular complexity index is 580. The van der Waals surface area contributed by atoms with E-state index in [0.717, 1.165) is 11.4 Å². The summed E-state index contributed by atoms with van der Waals surface area (Å²) in [6.45, 7) is 6.86. The molecule has 0 amide bonds. The van der Waals surface area contributed by atoms with Crippen molar-refractivity contribution in [3.63, 3.8) is 0 Å². The lowest BCUT2D eigenvalue weighted by atomic mass is 10.1. The fourth-order valence-corrected chi connectivity index (χ4v) is 2.61. The molecule has 1 heterocycles. The molecule has 20 heavy (non-hydrogen) atoms. The van der Waals surface area contributed by atoms with Gasteiger partial charge in [0.05, 0.1) is 6.54 Å². The van der Waals surface area contributed by atoms with Crippen LogP contribution in [-0.2, 0) is 6.54 Å². The number of aromatic nitrogens is 3. The van der Waals surface area contributed by atoms with E-state index in [2.05, 4.69) is 36.2 Å². The molecule has 1 N–H and O–H groups in total. The zero-order chi connectivity index (χ0) is 14.7. The van der Waals surface area contributed by atoms with Crippen LogP contribution in [-0.4, -0.2) is 14.8 Å². The van der Waals surface area contributed by atoms with E-state index in [1.807, 2.05) is 16.8 Å². The van der Waals surface area contributed by atoms with Crippen LogP contribution in [0.15, 0.2) is 24.5 Å². The Balaban J connectivity index is 2.05. The van der Waals surface area contributed by atoms with E-state index in [-0.39, 0.29) is 6.04 Å². The summed E-state index contributed by atoms with van der Waals surface area (Å²) in [6.07, 6.45) is 1.58. The van der Waals surface area contributed by atoms with E-state index in [9.17, 15) is 0 Å². The van der Waals surface area contributed by atoms with Crippen molar-refractivity contribution in [1.29, 1.82) is 0 Å². The molecule has 1 aromatic heterocycles. The molecule has 0 saturated carbocycles. The number of nitrogens with zero attached hydrogens (tertiary/aromatic N) is 3. The van der Waals surface area contributed by atoms with E-state index >= 15 is 0 Å². The van der Waals surface area contributed by atoms with Gasteiger partial charge < -0.3 is 5.32 Å². The molecule has 4 nitrogen and oxygen atoms in total. The van der Waals surface area contributed by atoms with Gasteiger partial charge in [-0.2, -0.15) is 5.10 Å². The fraction of sp³-hybridized carbons (Fsp3) is 0.429. The molecule has 0 aliphatic carbocycles. The van der Waals surface area contributed by atoms with Crippen molar-refractivity contribution in [2.45, 2.75) is 39.4 Å². The summed E-state index contributed by atoms with van der Waals surface area (Å²) in [4.78, 5) is 4.27. The van der Waals surface area contributed by atoms with Gasteiger partial charge in [0.15, 0.2) is 0 Å². The molecule has 2 aromatic rings. The van der Waals surface area contributed by atoms with Gasteiger partial charge >= 0.3 is 0 Å². The van der Waals surface area contributed by atoms with Crippen LogP contribution in [0.3, 0.4) is 0 Å². The molecule has 0 spiro atoms. The van der Waals surface area contributed by atoms with Gasteiger partial charge in [-0.25, -0.2) is 9.67 Å². The summed E-state index contributed by atoms with van der Waals surface area (Å²) in [5.74, 6) is 0.914. The maximum absolute atomic E-state index is 6.21. The summed E-state index contributed by atoms with van der Waals surface area (Å²) in [5.41, 5.74) is 1.02. The van der Waals surface area contributed by atoms with Gasteiger partial charge in [-0.15, -0.1) is 0 Å². The molecular weight excluding hydrogens is 295 g/mol. The predicted octanol–water partition coefficient (Wildman–Crippen LogP) is 4.02. The van der Waals surface area contributed by atoms with Gasteiger partial charge in [0.2, 0.25) is 0 Å². The van der Waals surface area contributed by atoms with Gasteiger partial charge in [-0.1, -0.05) is 29.3 Å². The smallest absolute Gasteiger partial charge is 0.141 e. The van der Waals surface area contributed by atoms with Crippen LogP contribution < -0.4 is 5.32 Å². The topological polar surface area (TPSA) is 42.7 Å².